The van der Waals surface area contributed by atoms with Gasteiger partial charge in [0.2, 0.25) is 0 Å². The first-order chi connectivity index (χ1) is 10.1. The summed E-state index contributed by atoms with van der Waals surface area (Å²) in [5.41, 5.74) is 7.09. The van der Waals surface area contributed by atoms with Crippen molar-refractivity contribution in [2.45, 2.75) is 6.42 Å². The topological polar surface area (TPSA) is 97.5 Å². The molecule has 1 heterocycles. The molecule has 4 N–H and O–H groups in total. The van der Waals surface area contributed by atoms with Crippen molar-refractivity contribution in [2.24, 2.45) is 0 Å². The van der Waals surface area contributed by atoms with Gasteiger partial charge in [-0.25, -0.2) is 9.78 Å². The summed E-state index contributed by atoms with van der Waals surface area (Å²) in [6, 6.07) is 9.13. The third kappa shape index (κ3) is 3.62. The minimum absolute atomic E-state index is 0.0499. The molecule has 110 valence electrons. The summed E-state index contributed by atoms with van der Waals surface area (Å²) in [4.78, 5) is 15.1. The highest BCUT2D eigenvalue weighted by molar-refractivity contribution is 5.96. The number of hydrogen-bond donors (Lipinski definition) is 3. The number of rotatable bonds is 6. The number of aromatic nitrogens is 1. The third-order valence-corrected chi connectivity index (χ3v) is 3.06. The molecule has 0 saturated carbocycles. The normalized spacial score (nSPS) is 10.1. The zero-order chi connectivity index (χ0) is 15.2. The molecule has 0 aliphatic carbocycles. The fourth-order valence-corrected chi connectivity index (χ4v) is 1.95. The number of hydrogen-bond acceptors (Lipinski definition) is 5. The summed E-state index contributed by atoms with van der Waals surface area (Å²) in [5, 5.41) is 12.1. The van der Waals surface area contributed by atoms with Crippen LogP contribution >= 0.6 is 0 Å². The average Bonchev–Trinajstić information content (AvgIpc) is 2.49. The van der Waals surface area contributed by atoms with Crippen molar-refractivity contribution < 1.29 is 14.6 Å². The number of carbonyl (C=O) groups is 1. The maximum atomic E-state index is 11.0. The monoisotopic (exact) mass is 287 g/mol. The zero-order valence-corrected chi connectivity index (χ0v) is 11.7. The van der Waals surface area contributed by atoms with E-state index in [1.807, 2.05) is 24.3 Å². The molecule has 21 heavy (non-hydrogen) atoms. The van der Waals surface area contributed by atoms with Gasteiger partial charge in [0.15, 0.2) is 0 Å². The Labute approximate surface area is 122 Å². The van der Waals surface area contributed by atoms with Crippen molar-refractivity contribution in [1.82, 2.24) is 4.98 Å². The Balaban J connectivity index is 2.00. The Hall–Kier alpha value is -2.76. The molecule has 0 spiro atoms. The maximum Gasteiger partial charge on any atom is 0.337 e. The van der Waals surface area contributed by atoms with Gasteiger partial charge in [0.25, 0.3) is 0 Å². The second-order valence-electron chi connectivity index (χ2n) is 4.45. The first-order valence-electron chi connectivity index (χ1n) is 6.46. The molecule has 0 aliphatic rings. The van der Waals surface area contributed by atoms with Gasteiger partial charge in [-0.3, -0.25) is 0 Å². The number of nitrogens with zero attached hydrogens (tertiary/aromatic N) is 1. The molecule has 1 aromatic carbocycles. The molecule has 0 bridgehead atoms. The van der Waals surface area contributed by atoms with Crippen LogP contribution in [0, 0.1) is 0 Å². The van der Waals surface area contributed by atoms with Gasteiger partial charge in [0.05, 0.1) is 18.4 Å². The van der Waals surface area contributed by atoms with Crippen molar-refractivity contribution in [2.75, 3.05) is 24.7 Å². The van der Waals surface area contributed by atoms with Crippen molar-refractivity contribution in [3.8, 4) is 5.75 Å². The van der Waals surface area contributed by atoms with Crippen LogP contribution in [0.25, 0.3) is 0 Å². The number of aromatic carboxylic acids is 1. The molecule has 0 fully saturated rings. The summed E-state index contributed by atoms with van der Waals surface area (Å²) in [5.74, 6) is 0.126. The van der Waals surface area contributed by atoms with E-state index in [2.05, 4.69) is 10.3 Å². The Kier molecular flexibility index (Phi) is 4.61. The molecule has 0 unspecified atom stereocenters. The Morgan fingerprint density at radius 3 is 2.95 bits per heavy atom. The summed E-state index contributed by atoms with van der Waals surface area (Å²) in [6.45, 7) is 0.591. The number of anilines is 2. The second-order valence-corrected chi connectivity index (χ2v) is 4.45. The van der Waals surface area contributed by atoms with E-state index in [1.165, 1.54) is 12.3 Å². The van der Waals surface area contributed by atoms with Crippen molar-refractivity contribution in [3.63, 3.8) is 0 Å². The van der Waals surface area contributed by atoms with Crippen LogP contribution in [0.4, 0.5) is 11.5 Å². The second kappa shape index (κ2) is 6.60. The number of nitrogen functional groups attached to an aromatic ring is 1. The van der Waals surface area contributed by atoms with Crippen LogP contribution in [0.1, 0.15) is 15.9 Å². The lowest BCUT2D eigenvalue weighted by atomic mass is 10.1. The molecular weight excluding hydrogens is 270 g/mol. The minimum atomic E-state index is -1.06. The number of benzene rings is 1. The van der Waals surface area contributed by atoms with Crippen molar-refractivity contribution >= 4 is 17.5 Å². The van der Waals surface area contributed by atoms with E-state index >= 15 is 0 Å². The molecule has 0 aliphatic heterocycles. The zero-order valence-electron chi connectivity index (χ0n) is 11.7. The fourth-order valence-electron chi connectivity index (χ4n) is 1.95. The lowest BCUT2D eigenvalue weighted by molar-refractivity contribution is 0.0698. The lowest BCUT2D eigenvalue weighted by Gasteiger charge is -2.10. The van der Waals surface area contributed by atoms with Crippen LogP contribution in [-0.2, 0) is 6.42 Å². The summed E-state index contributed by atoms with van der Waals surface area (Å²) in [6.07, 6.45) is 2.17. The van der Waals surface area contributed by atoms with Crippen LogP contribution in [0.5, 0.6) is 5.75 Å². The van der Waals surface area contributed by atoms with E-state index in [4.69, 9.17) is 15.6 Å². The smallest absolute Gasteiger partial charge is 0.337 e. The van der Waals surface area contributed by atoms with Gasteiger partial charge in [-0.15, -0.1) is 0 Å². The largest absolute Gasteiger partial charge is 0.497 e. The quantitative estimate of drug-likeness (QED) is 0.752. The fraction of sp³-hybridized carbons (Fsp3) is 0.200. The molecule has 0 amide bonds. The average molecular weight is 287 g/mol. The number of nitrogens with two attached hydrogens (primary N) is 1. The highest BCUT2D eigenvalue weighted by atomic mass is 16.5. The first kappa shape index (κ1) is 14.6. The highest BCUT2D eigenvalue weighted by Gasteiger charge is 2.11. The van der Waals surface area contributed by atoms with E-state index < -0.39 is 5.97 Å². The predicted molar refractivity (Wildman–Crippen MR) is 80.8 cm³/mol. The van der Waals surface area contributed by atoms with E-state index in [9.17, 15) is 4.79 Å². The van der Waals surface area contributed by atoms with Crippen molar-refractivity contribution in [3.05, 3.63) is 47.7 Å². The van der Waals surface area contributed by atoms with Gasteiger partial charge in [-0.2, -0.15) is 0 Å². The van der Waals surface area contributed by atoms with Gasteiger partial charge in [0, 0.05) is 12.7 Å². The molecule has 1 aromatic heterocycles. The lowest BCUT2D eigenvalue weighted by Crippen LogP contribution is -2.11. The molecule has 6 heteroatoms. The SMILES string of the molecule is COc1cccc(CCNc2nccc(C(=O)O)c2N)c1. The van der Waals surface area contributed by atoms with E-state index in [1.54, 1.807) is 7.11 Å². The molecule has 2 rings (SSSR count). The molecule has 0 atom stereocenters. The van der Waals surface area contributed by atoms with Crippen LogP contribution < -0.4 is 15.8 Å². The highest BCUT2D eigenvalue weighted by Crippen LogP contribution is 2.20. The molecular formula is C15H17N3O3. The summed E-state index contributed by atoms with van der Waals surface area (Å²) in [7, 11) is 1.62. The number of pyridine rings is 1. The number of ether oxygens (including phenoxy) is 1. The predicted octanol–water partition coefficient (Wildman–Crippen LogP) is 2.03. The van der Waals surface area contributed by atoms with Gasteiger partial charge < -0.3 is 20.9 Å². The third-order valence-electron chi connectivity index (χ3n) is 3.06. The Morgan fingerprint density at radius 2 is 2.24 bits per heavy atom. The molecule has 0 saturated heterocycles. The maximum absolute atomic E-state index is 11.0. The molecule has 2 aromatic rings. The van der Waals surface area contributed by atoms with Gasteiger partial charge >= 0.3 is 5.97 Å². The summed E-state index contributed by atoms with van der Waals surface area (Å²) >= 11 is 0. The molecule has 6 nitrogen and oxygen atoms in total. The van der Waals surface area contributed by atoms with E-state index in [0.717, 1.165) is 17.7 Å². The molecule has 0 radical (unpaired) electrons. The van der Waals surface area contributed by atoms with Gasteiger partial charge in [-0.05, 0) is 30.2 Å². The minimum Gasteiger partial charge on any atom is -0.497 e. The number of methoxy groups -OCH3 is 1. The van der Waals surface area contributed by atoms with Gasteiger partial charge in [-0.1, -0.05) is 12.1 Å². The Morgan fingerprint density at radius 1 is 1.43 bits per heavy atom. The van der Waals surface area contributed by atoms with E-state index in [0.29, 0.717) is 12.4 Å². The van der Waals surface area contributed by atoms with Gasteiger partial charge in [0.1, 0.15) is 11.6 Å². The summed E-state index contributed by atoms with van der Waals surface area (Å²) < 4.78 is 5.16. The van der Waals surface area contributed by atoms with Crippen LogP contribution in [0.3, 0.4) is 0 Å². The van der Waals surface area contributed by atoms with Crippen LogP contribution in [0.15, 0.2) is 36.5 Å². The standard InChI is InChI=1S/C15H17N3O3/c1-21-11-4-2-3-10(9-11)5-7-17-14-13(16)12(15(19)20)6-8-18-14/h2-4,6,8-9H,5,7,16H2,1H3,(H,17,18)(H,19,20). The first-order valence-corrected chi connectivity index (χ1v) is 6.46. The van der Waals surface area contributed by atoms with Crippen LogP contribution in [-0.4, -0.2) is 29.7 Å². The number of carboxylic acid groups (broad SMARTS) is 1. The Bertz CT molecular complexity index is 644. The van der Waals surface area contributed by atoms with Crippen molar-refractivity contribution in [1.29, 1.82) is 0 Å². The number of carboxylic acids is 1. The van der Waals surface area contributed by atoms with Crippen LogP contribution in [0.2, 0.25) is 0 Å². The van der Waals surface area contributed by atoms with E-state index in [-0.39, 0.29) is 11.3 Å². The number of nitrogens with one attached hydrogen (secondary N) is 1.